The lowest BCUT2D eigenvalue weighted by Gasteiger charge is -2.28. The summed E-state index contributed by atoms with van der Waals surface area (Å²) in [4.78, 5) is 25.7. The number of Topliss-reactive ketones (excluding diaryl/α,β-unsaturated/α-hetero) is 1. The molecule has 2 aliphatic rings. The SMILES string of the molecule is C=CCC1=C(OC)C(C=C(C)C)(OC(=O)C2C(C=C(C)C)C2(C)C)CC1=O. The van der Waals surface area contributed by atoms with Crippen LogP contribution in [0.25, 0.3) is 0 Å². The van der Waals surface area contributed by atoms with Gasteiger partial charge in [0.2, 0.25) is 0 Å². The van der Waals surface area contributed by atoms with E-state index >= 15 is 0 Å². The lowest BCUT2D eigenvalue weighted by Crippen LogP contribution is -2.36. The van der Waals surface area contributed by atoms with E-state index in [2.05, 4.69) is 26.5 Å². The fraction of sp³-hybridized carbons (Fsp3) is 0.565. The highest BCUT2D eigenvalue weighted by Gasteiger charge is 2.63. The number of ether oxygens (including phenoxy) is 2. The summed E-state index contributed by atoms with van der Waals surface area (Å²) in [5, 5.41) is 0. The van der Waals surface area contributed by atoms with E-state index in [-0.39, 0.29) is 35.4 Å². The van der Waals surface area contributed by atoms with Crippen LogP contribution in [0.1, 0.15) is 54.4 Å². The molecule has 148 valence electrons. The Bertz CT molecular complexity index is 742. The van der Waals surface area contributed by atoms with Gasteiger partial charge >= 0.3 is 5.97 Å². The van der Waals surface area contributed by atoms with Crippen molar-refractivity contribution < 1.29 is 19.1 Å². The van der Waals surface area contributed by atoms with Crippen LogP contribution in [-0.2, 0) is 19.1 Å². The number of carbonyl (C=O) groups excluding carboxylic acids is 2. The van der Waals surface area contributed by atoms with Gasteiger partial charge in [0, 0.05) is 5.57 Å². The molecule has 1 fully saturated rings. The van der Waals surface area contributed by atoms with Gasteiger partial charge in [-0.1, -0.05) is 37.1 Å². The van der Waals surface area contributed by atoms with Gasteiger partial charge in [0.1, 0.15) is 0 Å². The van der Waals surface area contributed by atoms with Crippen LogP contribution in [0.15, 0.2) is 47.3 Å². The minimum absolute atomic E-state index is 0.0621. The van der Waals surface area contributed by atoms with E-state index in [1.54, 1.807) is 6.08 Å². The Balaban J connectivity index is 2.41. The highest BCUT2D eigenvalue weighted by atomic mass is 16.6. The first-order valence-corrected chi connectivity index (χ1v) is 9.45. The molecule has 1 saturated carbocycles. The molecule has 27 heavy (non-hydrogen) atoms. The Morgan fingerprint density at radius 2 is 1.85 bits per heavy atom. The van der Waals surface area contributed by atoms with E-state index in [1.807, 2.05) is 33.8 Å². The fourth-order valence-electron chi connectivity index (χ4n) is 4.19. The van der Waals surface area contributed by atoms with Gasteiger partial charge in [0.15, 0.2) is 17.1 Å². The van der Waals surface area contributed by atoms with E-state index in [4.69, 9.17) is 9.47 Å². The predicted octanol–water partition coefficient (Wildman–Crippen LogP) is 4.92. The smallest absolute Gasteiger partial charge is 0.311 e. The van der Waals surface area contributed by atoms with Gasteiger partial charge in [0.25, 0.3) is 0 Å². The molecule has 0 bridgehead atoms. The molecule has 4 nitrogen and oxygen atoms in total. The van der Waals surface area contributed by atoms with Crippen LogP contribution >= 0.6 is 0 Å². The average Bonchev–Trinajstić information content (AvgIpc) is 2.94. The molecule has 2 rings (SSSR count). The Morgan fingerprint density at radius 3 is 2.33 bits per heavy atom. The maximum Gasteiger partial charge on any atom is 0.311 e. The maximum absolute atomic E-state index is 13.1. The standard InChI is InChI=1S/C23H32O4/c1-9-10-16-18(24)13-23(12-15(4)5,20(16)26-8)27-21(25)19-17(11-14(2)3)22(19,6)7/h9,11-12,17,19H,1,10,13H2,2-8H3. The molecule has 0 heterocycles. The summed E-state index contributed by atoms with van der Waals surface area (Å²) in [5.41, 5.74) is 1.37. The summed E-state index contributed by atoms with van der Waals surface area (Å²) in [6.07, 6.45) is 6.12. The summed E-state index contributed by atoms with van der Waals surface area (Å²) < 4.78 is 11.6. The molecule has 0 radical (unpaired) electrons. The van der Waals surface area contributed by atoms with Crippen molar-refractivity contribution >= 4 is 11.8 Å². The summed E-state index contributed by atoms with van der Waals surface area (Å²) in [7, 11) is 1.52. The van der Waals surface area contributed by atoms with Crippen LogP contribution in [0, 0.1) is 17.3 Å². The number of methoxy groups -OCH3 is 1. The van der Waals surface area contributed by atoms with Gasteiger partial charge in [-0.15, -0.1) is 6.58 Å². The molecule has 0 aromatic heterocycles. The van der Waals surface area contributed by atoms with Crippen molar-refractivity contribution in [1.82, 2.24) is 0 Å². The first-order chi connectivity index (χ1) is 12.5. The molecule has 3 unspecified atom stereocenters. The van der Waals surface area contributed by atoms with E-state index in [0.717, 1.165) is 5.57 Å². The number of hydrogen-bond acceptors (Lipinski definition) is 4. The lowest BCUT2D eigenvalue weighted by molar-refractivity contribution is -0.157. The van der Waals surface area contributed by atoms with Crippen LogP contribution in [0.2, 0.25) is 0 Å². The quantitative estimate of drug-likeness (QED) is 0.470. The Labute approximate surface area is 163 Å². The Hall–Kier alpha value is -2.10. The zero-order valence-electron chi connectivity index (χ0n) is 17.6. The van der Waals surface area contributed by atoms with Gasteiger partial charge < -0.3 is 9.47 Å². The maximum atomic E-state index is 13.1. The normalized spacial score (nSPS) is 28.5. The van der Waals surface area contributed by atoms with Crippen LogP contribution < -0.4 is 0 Å². The van der Waals surface area contributed by atoms with Gasteiger partial charge in [-0.2, -0.15) is 0 Å². The molecule has 0 aromatic rings. The van der Waals surface area contributed by atoms with Gasteiger partial charge in [0.05, 0.1) is 19.4 Å². The molecular weight excluding hydrogens is 340 g/mol. The van der Waals surface area contributed by atoms with E-state index < -0.39 is 5.60 Å². The second-order valence-electron chi connectivity index (χ2n) is 8.71. The third-order valence-electron chi connectivity index (χ3n) is 5.45. The molecule has 0 amide bonds. The fourth-order valence-corrected chi connectivity index (χ4v) is 4.19. The van der Waals surface area contributed by atoms with E-state index in [9.17, 15) is 9.59 Å². The summed E-state index contributed by atoms with van der Waals surface area (Å²) in [5.74, 6) is 0.0271. The first-order valence-electron chi connectivity index (χ1n) is 9.45. The third kappa shape index (κ3) is 3.95. The van der Waals surface area contributed by atoms with E-state index in [0.29, 0.717) is 17.8 Å². The molecule has 3 atom stereocenters. The van der Waals surface area contributed by atoms with Crippen molar-refractivity contribution in [3.8, 4) is 0 Å². The van der Waals surface area contributed by atoms with Crippen molar-refractivity contribution in [2.75, 3.05) is 7.11 Å². The number of rotatable bonds is 7. The van der Waals surface area contributed by atoms with Crippen molar-refractivity contribution in [2.24, 2.45) is 17.3 Å². The molecule has 0 spiro atoms. The Morgan fingerprint density at radius 1 is 1.22 bits per heavy atom. The second-order valence-corrected chi connectivity index (χ2v) is 8.71. The predicted molar refractivity (Wildman–Crippen MR) is 107 cm³/mol. The highest BCUT2D eigenvalue weighted by molar-refractivity contribution is 6.01. The van der Waals surface area contributed by atoms with Crippen molar-refractivity contribution in [1.29, 1.82) is 0 Å². The number of ketones is 1. The zero-order chi connectivity index (χ0) is 20.6. The second kappa shape index (κ2) is 7.49. The number of esters is 1. The zero-order valence-corrected chi connectivity index (χ0v) is 17.6. The first kappa shape index (κ1) is 21.2. The topological polar surface area (TPSA) is 52.6 Å². The van der Waals surface area contributed by atoms with Crippen LogP contribution in [0.3, 0.4) is 0 Å². The van der Waals surface area contributed by atoms with E-state index in [1.165, 1.54) is 12.7 Å². The number of carbonyl (C=O) groups is 2. The monoisotopic (exact) mass is 372 g/mol. The minimum Gasteiger partial charge on any atom is -0.496 e. The Kier molecular flexibility index (Phi) is 5.88. The highest BCUT2D eigenvalue weighted by Crippen LogP contribution is 2.60. The molecule has 4 heteroatoms. The van der Waals surface area contributed by atoms with Gasteiger partial charge in [-0.3, -0.25) is 9.59 Å². The van der Waals surface area contributed by atoms with Gasteiger partial charge in [-0.25, -0.2) is 0 Å². The largest absolute Gasteiger partial charge is 0.496 e. The third-order valence-corrected chi connectivity index (χ3v) is 5.45. The van der Waals surface area contributed by atoms with Crippen LogP contribution in [-0.4, -0.2) is 24.5 Å². The van der Waals surface area contributed by atoms with Crippen LogP contribution in [0.4, 0.5) is 0 Å². The summed E-state index contributed by atoms with van der Waals surface area (Å²) >= 11 is 0. The van der Waals surface area contributed by atoms with Crippen LogP contribution in [0.5, 0.6) is 0 Å². The van der Waals surface area contributed by atoms with Crippen molar-refractivity contribution in [3.63, 3.8) is 0 Å². The lowest BCUT2D eigenvalue weighted by atomic mass is 9.98. The molecule has 0 N–H and O–H groups in total. The average molecular weight is 373 g/mol. The summed E-state index contributed by atoms with van der Waals surface area (Å²) in [6.45, 7) is 15.8. The number of hydrogen-bond donors (Lipinski definition) is 0. The van der Waals surface area contributed by atoms with Crippen molar-refractivity contribution in [3.05, 3.63) is 47.3 Å². The van der Waals surface area contributed by atoms with Crippen molar-refractivity contribution in [2.45, 2.75) is 60.0 Å². The molecule has 0 aliphatic heterocycles. The molecular formula is C23H32O4. The molecule has 0 aromatic carbocycles. The minimum atomic E-state index is -1.16. The van der Waals surface area contributed by atoms with Gasteiger partial charge in [-0.05, 0) is 51.5 Å². The molecule has 0 saturated heterocycles. The summed E-state index contributed by atoms with van der Waals surface area (Å²) in [6, 6.07) is 0. The molecule has 2 aliphatic carbocycles. The number of allylic oxidation sites excluding steroid dienone is 5.